The first-order valence-electron chi connectivity index (χ1n) is 5.25. The smallest absolute Gasteiger partial charge is 0.271 e. The van der Waals surface area contributed by atoms with Gasteiger partial charge in [0.1, 0.15) is 5.69 Å². The molecule has 0 spiro atoms. The van der Waals surface area contributed by atoms with Gasteiger partial charge in [-0.25, -0.2) is 4.98 Å². The molecule has 5 heteroatoms. The molecule has 0 aliphatic rings. The Balaban J connectivity index is 3.20. The predicted molar refractivity (Wildman–Crippen MR) is 65.0 cm³/mol. The molecule has 0 radical (unpaired) electrons. The van der Waals surface area contributed by atoms with Crippen LogP contribution in [0.1, 0.15) is 26.5 Å². The summed E-state index contributed by atoms with van der Waals surface area (Å²) in [5.74, 6) is -0.343. The van der Waals surface area contributed by atoms with Gasteiger partial charge in [0.05, 0.1) is 0 Å². The summed E-state index contributed by atoms with van der Waals surface area (Å²) in [5.41, 5.74) is 1.43. The van der Waals surface area contributed by atoms with E-state index in [-0.39, 0.29) is 11.8 Å². The van der Waals surface area contributed by atoms with Crippen LogP contribution in [0.3, 0.4) is 0 Å². The van der Waals surface area contributed by atoms with Gasteiger partial charge in [-0.3, -0.25) is 9.59 Å². The summed E-state index contributed by atoms with van der Waals surface area (Å²) in [6.07, 6.45) is 0. The zero-order valence-corrected chi connectivity index (χ0v) is 10.8. The van der Waals surface area contributed by atoms with Gasteiger partial charge in [0.15, 0.2) is 0 Å². The zero-order chi connectivity index (χ0) is 13.2. The van der Waals surface area contributed by atoms with Crippen molar-refractivity contribution in [1.29, 1.82) is 0 Å². The van der Waals surface area contributed by atoms with E-state index < -0.39 is 0 Å². The van der Waals surface area contributed by atoms with E-state index in [9.17, 15) is 9.59 Å². The SMILES string of the molecule is Cc1cc(C(=O)N(C)C)cc(C(=O)N(C)C)n1. The lowest BCUT2D eigenvalue weighted by Crippen LogP contribution is -2.25. The molecule has 0 unspecified atom stereocenters. The second-order valence-corrected chi connectivity index (χ2v) is 4.28. The quantitative estimate of drug-likeness (QED) is 0.761. The van der Waals surface area contributed by atoms with Crippen LogP contribution in [0.5, 0.6) is 0 Å². The first-order valence-corrected chi connectivity index (χ1v) is 5.25. The molecular formula is C12H17N3O2. The summed E-state index contributed by atoms with van der Waals surface area (Å²) < 4.78 is 0. The van der Waals surface area contributed by atoms with Crippen LogP contribution in [0, 0.1) is 6.92 Å². The highest BCUT2D eigenvalue weighted by Crippen LogP contribution is 2.09. The number of rotatable bonds is 2. The Labute approximate surface area is 101 Å². The summed E-state index contributed by atoms with van der Waals surface area (Å²) in [7, 11) is 6.65. The Morgan fingerprint density at radius 1 is 1.00 bits per heavy atom. The van der Waals surface area contributed by atoms with E-state index in [0.29, 0.717) is 17.0 Å². The average Bonchev–Trinajstić information content (AvgIpc) is 2.25. The second kappa shape index (κ2) is 4.95. The first kappa shape index (κ1) is 13.2. The van der Waals surface area contributed by atoms with E-state index in [4.69, 9.17) is 0 Å². The maximum absolute atomic E-state index is 11.8. The van der Waals surface area contributed by atoms with E-state index in [1.54, 1.807) is 41.2 Å². The molecule has 17 heavy (non-hydrogen) atoms. The van der Waals surface area contributed by atoms with Gasteiger partial charge in [0, 0.05) is 39.4 Å². The van der Waals surface area contributed by atoms with Crippen molar-refractivity contribution in [2.24, 2.45) is 0 Å². The third-order valence-corrected chi connectivity index (χ3v) is 2.23. The molecule has 1 aromatic rings. The molecule has 1 heterocycles. The van der Waals surface area contributed by atoms with Crippen molar-refractivity contribution in [2.45, 2.75) is 6.92 Å². The molecule has 0 bridgehead atoms. The third kappa shape index (κ3) is 3.03. The highest BCUT2D eigenvalue weighted by Gasteiger charge is 2.15. The van der Waals surface area contributed by atoms with Crippen molar-refractivity contribution in [3.05, 3.63) is 29.1 Å². The number of aryl methyl sites for hydroxylation is 1. The Morgan fingerprint density at radius 3 is 2.00 bits per heavy atom. The number of aromatic nitrogens is 1. The van der Waals surface area contributed by atoms with Crippen LogP contribution >= 0.6 is 0 Å². The number of pyridine rings is 1. The molecule has 1 aromatic heterocycles. The van der Waals surface area contributed by atoms with Gasteiger partial charge in [-0.1, -0.05) is 0 Å². The minimum atomic E-state index is -0.207. The largest absolute Gasteiger partial charge is 0.345 e. The minimum absolute atomic E-state index is 0.136. The number of carbonyl (C=O) groups is 2. The molecule has 0 aliphatic heterocycles. The van der Waals surface area contributed by atoms with E-state index in [0.717, 1.165) is 0 Å². The molecular weight excluding hydrogens is 218 g/mol. The Morgan fingerprint density at radius 2 is 1.53 bits per heavy atom. The van der Waals surface area contributed by atoms with E-state index in [1.165, 1.54) is 15.9 Å². The first-order chi connectivity index (χ1) is 7.82. The average molecular weight is 235 g/mol. The van der Waals surface area contributed by atoms with Gasteiger partial charge in [-0.15, -0.1) is 0 Å². The molecule has 0 aliphatic carbocycles. The summed E-state index contributed by atoms with van der Waals surface area (Å²) >= 11 is 0. The summed E-state index contributed by atoms with van der Waals surface area (Å²) in [4.78, 5) is 30.6. The monoisotopic (exact) mass is 235 g/mol. The summed E-state index contributed by atoms with van der Waals surface area (Å²) in [6, 6.07) is 3.20. The van der Waals surface area contributed by atoms with Crippen molar-refractivity contribution in [2.75, 3.05) is 28.2 Å². The summed E-state index contributed by atoms with van der Waals surface area (Å²) in [6.45, 7) is 1.76. The van der Waals surface area contributed by atoms with Crippen LogP contribution in [0.25, 0.3) is 0 Å². The van der Waals surface area contributed by atoms with Crippen molar-refractivity contribution >= 4 is 11.8 Å². The number of hydrogen-bond donors (Lipinski definition) is 0. The van der Waals surface area contributed by atoms with Crippen LogP contribution < -0.4 is 0 Å². The molecule has 0 aromatic carbocycles. The fraction of sp³-hybridized carbons (Fsp3) is 0.417. The zero-order valence-electron chi connectivity index (χ0n) is 10.8. The molecule has 0 saturated carbocycles. The lowest BCUT2D eigenvalue weighted by molar-refractivity contribution is 0.0821. The standard InChI is InChI=1S/C12H17N3O2/c1-8-6-9(11(16)14(2)3)7-10(13-8)12(17)15(4)5/h6-7H,1-5H3. The van der Waals surface area contributed by atoms with E-state index in [2.05, 4.69) is 4.98 Å². The topological polar surface area (TPSA) is 53.5 Å². The van der Waals surface area contributed by atoms with Gasteiger partial charge in [0.25, 0.3) is 11.8 Å². The van der Waals surface area contributed by atoms with Gasteiger partial charge in [-0.2, -0.15) is 0 Å². The van der Waals surface area contributed by atoms with Crippen LogP contribution in [-0.2, 0) is 0 Å². The number of hydrogen-bond acceptors (Lipinski definition) is 3. The highest BCUT2D eigenvalue weighted by atomic mass is 16.2. The maximum Gasteiger partial charge on any atom is 0.271 e. The van der Waals surface area contributed by atoms with Crippen LogP contribution in [0.15, 0.2) is 12.1 Å². The number of carbonyl (C=O) groups excluding carboxylic acids is 2. The fourth-order valence-corrected chi connectivity index (χ4v) is 1.39. The van der Waals surface area contributed by atoms with Crippen molar-refractivity contribution < 1.29 is 9.59 Å². The van der Waals surface area contributed by atoms with Gasteiger partial charge < -0.3 is 9.80 Å². The molecule has 1 rings (SSSR count). The predicted octanol–water partition coefficient (Wildman–Crippen LogP) is 0.794. The fourth-order valence-electron chi connectivity index (χ4n) is 1.39. The van der Waals surface area contributed by atoms with Crippen LogP contribution in [0.4, 0.5) is 0 Å². The van der Waals surface area contributed by atoms with E-state index >= 15 is 0 Å². The lowest BCUT2D eigenvalue weighted by Gasteiger charge is -2.13. The van der Waals surface area contributed by atoms with Crippen LogP contribution in [0.2, 0.25) is 0 Å². The molecule has 0 atom stereocenters. The van der Waals surface area contributed by atoms with E-state index in [1.807, 2.05) is 0 Å². The molecule has 0 saturated heterocycles. The minimum Gasteiger partial charge on any atom is -0.345 e. The molecule has 0 fully saturated rings. The van der Waals surface area contributed by atoms with Crippen molar-refractivity contribution in [3.8, 4) is 0 Å². The summed E-state index contributed by atoms with van der Waals surface area (Å²) in [5, 5.41) is 0. The Kier molecular flexibility index (Phi) is 3.83. The Bertz CT molecular complexity index is 415. The van der Waals surface area contributed by atoms with Crippen molar-refractivity contribution in [3.63, 3.8) is 0 Å². The molecule has 0 N–H and O–H groups in total. The molecule has 5 nitrogen and oxygen atoms in total. The second-order valence-electron chi connectivity index (χ2n) is 4.28. The van der Waals surface area contributed by atoms with Crippen LogP contribution in [-0.4, -0.2) is 54.8 Å². The molecule has 92 valence electrons. The van der Waals surface area contributed by atoms with Crippen molar-refractivity contribution in [1.82, 2.24) is 14.8 Å². The highest BCUT2D eigenvalue weighted by molar-refractivity contribution is 5.98. The van der Waals surface area contributed by atoms with Gasteiger partial charge >= 0.3 is 0 Å². The third-order valence-electron chi connectivity index (χ3n) is 2.23. The van der Waals surface area contributed by atoms with Gasteiger partial charge in [-0.05, 0) is 19.1 Å². The van der Waals surface area contributed by atoms with Gasteiger partial charge in [0.2, 0.25) is 0 Å². The number of amides is 2. The maximum atomic E-state index is 11.8. The Hall–Kier alpha value is -1.91. The normalized spacial score (nSPS) is 9.94. The number of nitrogens with zero attached hydrogens (tertiary/aromatic N) is 3. The lowest BCUT2D eigenvalue weighted by atomic mass is 10.1. The molecule has 2 amide bonds.